The van der Waals surface area contributed by atoms with Gasteiger partial charge in [-0.15, -0.1) is 0 Å². The van der Waals surface area contributed by atoms with E-state index in [1.807, 2.05) is 0 Å². The van der Waals surface area contributed by atoms with Gasteiger partial charge in [-0.05, 0) is 22.3 Å². The standard InChI is InChI=1S/C13H14.Au/c1-10(2)12-9-5-7-11-6-3-4-8-13(11)12;/h3-10H,1-2H3;. The van der Waals surface area contributed by atoms with Crippen LogP contribution in [-0.4, -0.2) is 0 Å². The van der Waals surface area contributed by atoms with E-state index in [1.165, 1.54) is 16.3 Å². The molecular formula is C13H14Au. The van der Waals surface area contributed by atoms with E-state index < -0.39 is 0 Å². The van der Waals surface area contributed by atoms with Crippen molar-refractivity contribution in [3.05, 3.63) is 48.0 Å². The van der Waals surface area contributed by atoms with Gasteiger partial charge in [0.2, 0.25) is 0 Å². The summed E-state index contributed by atoms with van der Waals surface area (Å²) in [6, 6.07) is 15.1. The Labute approximate surface area is 101 Å². The van der Waals surface area contributed by atoms with E-state index in [4.69, 9.17) is 0 Å². The zero-order valence-corrected chi connectivity index (χ0v) is 10.6. The number of fused-ring (bicyclic) bond motifs is 1. The van der Waals surface area contributed by atoms with Crippen LogP contribution in [0.15, 0.2) is 42.5 Å². The van der Waals surface area contributed by atoms with Crippen LogP contribution in [0.5, 0.6) is 0 Å². The molecule has 0 aliphatic rings. The van der Waals surface area contributed by atoms with Gasteiger partial charge in [0.25, 0.3) is 0 Å². The fourth-order valence-electron chi connectivity index (χ4n) is 1.75. The second-order valence-electron chi connectivity index (χ2n) is 3.72. The van der Waals surface area contributed by atoms with Crippen LogP contribution >= 0.6 is 0 Å². The summed E-state index contributed by atoms with van der Waals surface area (Å²) < 4.78 is 0. The number of hydrogen-bond acceptors (Lipinski definition) is 0. The normalized spacial score (nSPS) is 10.2. The predicted molar refractivity (Wildman–Crippen MR) is 58.0 cm³/mol. The summed E-state index contributed by atoms with van der Waals surface area (Å²) in [4.78, 5) is 0. The second kappa shape index (κ2) is 4.79. The Kier molecular flexibility index (Phi) is 3.94. The van der Waals surface area contributed by atoms with E-state index in [-0.39, 0.29) is 22.4 Å². The van der Waals surface area contributed by atoms with E-state index >= 15 is 0 Å². The molecule has 77 valence electrons. The summed E-state index contributed by atoms with van der Waals surface area (Å²) in [5.74, 6) is 0.603. The van der Waals surface area contributed by atoms with Gasteiger partial charge >= 0.3 is 0 Å². The largest absolute Gasteiger partial charge is 0.0616 e. The fourth-order valence-corrected chi connectivity index (χ4v) is 1.75. The van der Waals surface area contributed by atoms with E-state index in [2.05, 4.69) is 56.3 Å². The Bertz CT molecular complexity index is 413. The van der Waals surface area contributed by atoms with Crippen LogP contribution in [0.4, 0.5) is 0 Å². The van der Waals surface area contributed by atoms with Gasteiger partial charge < -0.3 is 0 Å². The van der Waals surface area contributed by atoms with E-state index in [0.29, 0.717) is 5.92 Å². The molecule has 0 atom stereocenters. The van der Waals surface area contributed by atoms with Crippen molar-refractivity contribution in [1.82, 2.24) is 0 Å². The van der Waals surface area contributed by atoms with E-state index in [1.54, 1.807) is 0 Å². The van der Waals surface area contributed by atoms with Crippen molar-refractivity contribution in [2.45, 2.75) is 19.8 Å². The first kappa shape index (κ1) is 11.5. The Morgan fingerprint density at radius 2 is 1.50 bits per heavy atom. The third-order valence-electron chi connectivity index (χ3n) is 2.45. The van der Waals surface area contributed by atoms with Gasteiger partial charge in [0, 0.05) is 22.4 Å². The van der Waals surface area contributed by atoms with Crippen molar-refractivity contribution in [3.8, 4) is 0 Å². The maximum atomic E-state index is 2.24. The second-order valence-corrected chi connectivity index (χ2v) is 3.72. The van der Waals surface area contributed by atoms with Crippen LogP contribution in [0.3, 0.4) is 0 Å². The first-order valence-electron chi connectivity index (χ1n) is 4.76. The minimum absolute atomic E-state index is 0. The topological polar surface area (TPSA) is 0 Å². The first-order chi connectivity index (χ1) is 6.29. The molecule has 0 amide bonds. The van der Waals surface area contributed by atoms with Gasteiger partial charge in [0.15, 0.2) is 0 Å². The van der Waals surface area contributed by atoms with E-state index in [9.17, 15) is 0 Å². The van der Waals surface area contributed by atoms with E-state index in [0.717, 1.165) is 0 Å². The number of benzene rings is 2. The molecule has 0 aliphatic heterocycles. The zero-order valence-electron chi connectivity index (χ0n) is 8.42. The molecule has 0 fully saturated rings. The molecule has 1 heteroatoms. The van der Waals surface area contributed by atoms with Crippen LogP contribution in [0.2, 0.25) is 0 Å². The van der Waals surface area contributed by atoms with Crippen molar-refractivity contribution in [2.24, 2.45) is 0 Å². The molecule has 0 aliphatic carbocycles. The zero-order chi connectivity index (χ0) is 9.26. The molecule has 0 heterocycles. The Balaban J connectivity index is 0.000000980. The fraction of sp³-hybridized carbons (Fsp3) is 0.231. The van der Waals surface area contributed by atoms with Gasteiger partial charge in [0.1, 0.15) is 0 Å². The summed E-state index contributed by atoms with van der Waals surface area (Å²) in [6.07, 6.45) is 0. The molecular weight excluding hydrogens is 353 g/mol. The van der Waals surface area contributed by atoms with Crippen LogP contribution in [-0.2, 0) is 22.4 Å². The summed E-state index contributed by atoms with van der Waals surface area (Å²) in [7, 11) is 0. The minimum Gasteiger partial charge on any atom is -0.0616 e. The Morgan fingerprint density at radius 1 is 0.857 bits per heavy atom. The monoisotopic (exact) mass is 367 g/mol. The molecule has 0 nitrogen and oxygen atoms in total. The average Bonchev–Trinajstić information content (AvgIpc) is 2.17. The molecule has 0 spiro atoms. The maximum Gasteiger partial charge on any atom is 0 e. The number of rotatable bonds is 1. The summed E-state index contributed by atoms with van der Waals surface area (Å²) >= 11 is 0. The number of hydrogen-bond donors (Lipinski definition) is 0. The van der Waals surface area contributed by atoms with Crippen LogP contribution in [0, 0.1) is 0 Å². The van der Waals surface area contributed by atoms with Gasteiger partial charge in [-0.25, -0.2) is 0 Å². The predicted octanol–water partition coefficient (Wildman–Crippen LogP) is 3.96. The third-order valence-corrected chi connectivity index (χ3v) is 2.45. The average molecular weight is 367 g/mol. The quantitative estimate of drug-likeness (QED) is 0.670. The van der Waals surface area contributed by atoms with Crippen LogP contribution < -0.4 is 0 Å². The summed E-state index contributed by atoms with van der Waals surface area (Å²) in [5, 5.41) is 2.73. The third kappa shape index (κ3) is 2.09. The smallest absolute Gasteiger partial charge is 0 e. The molecule has 2 aromatic rings. The summed E-state index contributed by atoms with van der Waals surface area (Å²) in [5.41, 5.74) is 1.44. The molecule has 14 heavy (non-hydrogen) atoms. The van der Waals surface area contributed by atoms with Crippen LogP contribution in [0.25, 0.3) is 10.8 Å². The van der Waals surface area contributed by atoms with Gasteiger partial charge in [-0.2, -0.15) is 0 Å². The molecule has 0 saturated carbocycles. The minimum atomic E-state index is 0. The first-order valence-corrected chi connectivity index (χ1v) is 4.76. The van der Waals surface area contributed by atoms with Crippen molar-refractivity contribution in [3.63, 3.8) is 0 Å². The molecule has 0 aromatic heterocycles. The molecule has 0 N–H and O–H groups in total. The molecule has 1 radical (unpaired) electrons. The van der Waals surface area contributed by atoms with Gasteiger partial charge in [-0.1, -0.05) is 56.3 Å². The van der Waals surface area contributed by atoms with Crippen molar-refractivity contribution in [2.75, 3.05) is 0 Å². The van der Waals surface area contributed by atoms with Crippen LogP contribution in [0.1, 0.15) is 25.3 Å². The Morgan fingerprint density at radius 3 is 2.21 bits per heavy atom. The van der Waals surface area contributed by atoms with Gasteiger partial charge in [-0.3, -0.25) is 0 Å². The van der Waals surface area contributed by atoms with Gasteiger partial charge in [0.05, 0.1) is 0 Å². The maximum absolute atomic E-state index is 2.24. The Hall–Kier alpha value is -0.560. The molecule has 2 rings (SSSR count). The van der Waals surface area contributed by atoms with Crippen molar-refractivity contribution in [1.29, 1.82) is 0 Å². The van der Waals surface area contributed by atoms with Crippen molar-refractivity contribution < 1.29 is 22.4 Å². The van der Waals surface area contributed by atoms with Crippen molar-refractivity contribution >= 4 is 10.8 Å². The SMILES string of the molecule is CC(C)c1cccc2ccccc12.[Au]. The molecule has 2 aromatic carbocycles. The molecule has 0 unspecified atom stereocenters. The molecule has 0 bridgehead atoms. The summed E-state index contributed by atoms with van der Waals surface area (Å²) in [6.45, 7) is 4.48. The molecule has 0 saturated heterocycles.